The molecule has 0 aliphatic carbocycles. The summed E-state index contributed by atoms with van der Waals surface area (Å²) >= 11 is 5.77. The second-order valence-corrected chi connectivity index (χ2v) is 7.24. The fraction of sp³-hybridized carbons (Fsp3) is 0.417. The molecule has 19 heavy (non-hydrogen) atoms. The summed E-state index contributed by atoms with van der Waals surface area (Å²) in [5, 5.41) is 2.67. The largest absolute Gasteiger partial charge is 0.352 e. The summed E-state index contributed by atoms with van der Waals surface area (Å²) in [6.45, 7) is 0.284. The zero-order valence-corrected chi connectivity index (χ0v) is 11.6. The molecule has 0 radical (unpaired) electrons. The number of hydrogen-bond acceptors (Lipinski definition) is 3. The van der Waals surface area contributed by atoms with Gasteiger partial charge in [-0.25, -0.2) is 12.8 Å². The quantitative estimate of drug-likeness (QED) is 0.923. The van der Waals surface area contributed by atoms with Gasteiger partial charge in [-0.1, -0.05) is 11.6 Å². The highest BCUT2D eigenvalue weighted by Gasteiger charge is 2.28. The molecule has 1 amide bonds. The Bertz CT molecular complexity index is 603. The Kier molecular flexibility index (Phi) is 4.10. The maximum Gasteiger partial charge on any atom is 0.252 e. The van der Waals surface area contributed by atoms with Crippen LogP contribution >= 0.6 is 11.6 Å². The maximum absolute atomic E-state index is 12.8. The van der Waals surface area contributed by atoms with Gasteiger partial charge in [0.25, 0.3) is 5.91 Å². The number of amides is 1. The first-order chi connectivity index (χ1) is 8.87. The summed E-state index contributed by atoms with van der Waals surface area (Å²) in [4.78, 5) is 11.8. The zero-order chi connectivity index (χ0) is 14.0. The number of hydrogen-bond donors (Lipinski definition) is 1. The number of nitrogens with one attached hydrogen (secondary N) is 1. The van der Waals surface area contributed by atoms with Crippen molar-refractivity contribution in [3.05, 3.63) is 34.6 Å². The molecule has 0 aromatic heterocycles. The second kappa shape index (κ2) is 5.46. The first-order valence-corrected chi connectivity index (χ1v) is 8.01. The van der Waals surface area contributed by atoms with Crippen LogP contribution in [0.5, 0.6) is 0 Å². The minimum Gasteiger partial charge on any atom is -0.352 e. The fourth-order valence-corrected chi connectivity index (χ4v) is 4.15. The van der Waals surface area contributed by atoms with Crippen molar-refractivity contribution in [2.45, 2.75) is 6.42 Å². The van der Waals surface area contributed by atoms with E-state index in [1.807, 2.05) is 0 Å². The molecule has 4 nitrogen and oxygen atoms in total. The molecule has 2 rings (SSSR count). The number of halogens is 2. The van der Waals surface area contributed by atoms with E-state index in [2.05, 4.69) is 5.32 Å². The van der Waals surface area contributed by atoms with Crippen LogP contribution in [0.2, 0.25) is 5.02 Å². The van der Waals surface area contributed by atoms with Crippen LogP contribution in [0.15, 0.2) is 18.2 Å². The van der Waals surface area contributed by atoms with Gasteiger partial charge in [0.15, 0.2) is 9.84 Å². The van der Waals surface area contributed by atoms with Gasteiger partial charge in [-0.15, -0.1) is 0 Å². The van der Waals surface area contributed by atoms with Gasteiger partial charge in [-0.3, -0.25) is 4.79 Å². The van der Waals surface area contributed by atoms with Crippen molar-refractivity contribution in [3.63, 3.8) is 0 Å². The molecule has 0 saturated carbocycles. The molecule has 1 aromatic carbocycles. The van der Waals surface area contributed by atoms with Gasteiger partial charge in [-0.2, -0.15) is 0 Å². The van der Waals surface area contributed by atoms with Crippen LogP contribution in [-0.4, -0.2) is 32.4 Å². The third kappa shape index (κ3) is 3.67. The predicted molar refractivity (Wildman–Crippen MR) is 70.5 cm³/mol. The lowest BCUT2D eigenvalue weighted by Gasteiger charge is -2.10. The van der Waals surface area contributed by atoms with E-state index in [1.54, 1.807) is 0 Å². The molecule has 0 bridgehead atoms. The number of benzene rings is 1. The predicted octanol–water partition coefficient (Wildman–Crippen LogP) is 1.64. The molecule has 1 heterocycles. The topological polar surface area (TPSA) is 63.2 Å². The van der Waals surface area contributed by atoms with Gasteiger partial charge in [0.2, 0.25) is 0 Å². The van der Waals surface area contributed by atoms with E-state index in [-0.39, 0.29) is 34.6 Å². The second-order valence-electron chi connectivity index (χ2n) is 4.60. The van der Waals surface area contributed by atoms with Crippen molar-refractivity contribution < 1.29 is 17.6 Å². The molecular formula is C12H13ClFNO3S. The third-order valence-electron chi connectivity index (χ3n) is 3.05. The lowest BCUT2D eigenvalue weighted by atomic mass is 10.1. The van der Waals surface area contributed by atoms with E-state index >= 15 is 0 Å². The van der Waals surface area contributed by atoms with Crippen LogP contribution in [0.3, 0.4) is 0 Å². The maximum atomic E-state index is 12.8. The first kappa shape index (κ1) is 14.3. The molecule has 1 N–H and O–H groups in total. The van der Waals surface area contributed by atoms with Crippen LogP contribution < -0.4 is 5.32 Å². The Morgan fingerprint density at radius 2 is 2.21 bits per heavy atom. The number of carbonyl (C=O) groups excluding carboxylic acids is 1. The van der Waals surface area contributed by atoms with Crippen molar-refractivity contribution >= 4 is 27.3 Å². The standard InChI is InChI=1S/C12H13ClFNO3S/c13-11-5-9(14)1-2-10(11)12(16)15-6-8-3-4-19(17,18)7-8/h1-2,5,8H,3-4,6-7H2,(H,15,16). The molecule has 1 saturated heterocycles. The van der Waals surface area contributed by atoms with Gasteiger partial charge in [0.05, 0.1) is 22.1 Å². The lowest BCUT2D eigenvalue weighted by molar-refractivity contribution is 0.0948. The normalized spacial score (nSPS) is 21.3. The van der Waals surface area contributed by atoms with E-state index in [1.165, 1.54) is 6.07 Å². The molecule has 104 valence electrons. The monoisotopic (exact) mass is 305 g/mol. The molecule has 1 fully saturated rings. The van der Waals surface area contributed by atoms with E-state index in [0.29, 0.717) is 6.42 Å². The Morgan fingerprint density at radius 1 is 1.47 bits per heavy atom. The Balaban J connectivity index is 1.95. The van der Waals surface area contributed by atoms with Crippen LogP contribution in [-0.2, 0) is 9.84 Å². The van der Waals surface area contributed by atoms with E-state index in [0.717, 1.165) is 12.1 Å². The molecule has 1 atom stereocenters. The SMILES string of the molecule is O=C(NCC1CCS(=O)(=O)C1)c1ccc(F)cc1Cl. The third-order valence-corrected chi connectivity index (χ3v) is 5.20. The van der Waals surface area contributed by atoms with Crippen LogP contribution in [0.4, 0.5) is 4.39 Å². The summed E-state index contributed by atoms with van der Waals surface area (Å²) in [6, 6.07) is 3.52. The average Bonchev–Trinajstić information content (AvgIpc) is 2.66. The van der Waals surface area contributed by atoms with Gasteiger partial charge in [0, 0.05) is 6.54 Å². The Hall–Kier alpha value is -1.14. The lowest BCUT2D eigenvalue weighted by Crippen LogP contribution is -2.30. The van der Waals surface area contributed by atoms with Crippen molar-refractivity contribution in [1.82, 2.24) is 5.32 Å². The smallest absolute Gasteiger partial charge is 0.252 e. The van der Waals surface area contributed by atoms with Crippen molar-refractivity contribution in [1.29, 1.82) is 0 Å². The van der Waals surface area contributed by atoms with Crippen LogP contribution in [0, 0.1) is 11.7 Å². The number of sulfone groups is 1. The highest BCUT2D eigenvalue weighted by Crippen LogP contribution is 2.19. The molecule has 1 aromatic rings. The average molecular weight is 306 g/mol. The minimum absolute atomic E-state index is 0.0385. The zero-order valence-electron chi connectivity index (χ0n) is 10.0. The summed E-state index contributed by atoms with van der Waals surface area (Å²) in [5.74, 6) is -0.721. The molecule has 1 aliphatic heterocycles. The van der Waals surface area contributed by atoms with Gasteiger partial charge < -0.3 is 5.32 Å². The molecule has 1 aliphatic rings. The van der Waals surface area contributed by atoms with E-state index < -0.39 is 21.6 Å². The highest BCUT2D eigenvalue weighted by molar-refractivity contribution is 7.91. The summed E-state index contributed by atoms with van der Waals surface area (Å²) in [7, 11) is -2.95. The van der Waals surface area contributed by atoms with Crippen molar-refractivity contribution in [3.8, 4) is 0 Å². The molecule has 1 unspecified atom stereocenters. The van der Waals surface area contributed by atoms with Gasteiger partial charge in [0.1, 0.15) is 5.82 Å². The highest BCUT2D eigenvalue weighted by atomic mass is 35.5. The minimum atomic E-state index is -2.95. The van der Waals surface area contributed by atoms with Gasteiger partial charge >= 0.3 is 0 Å². The fourth-order valence-electron chi connectivity index (χ4n) is 2.04. The summed E-state index contributed by atoms with van der Waals surface area (Å²) in [6.07, 6.45) is 0.555. The Morgan fingerprint density at radius 3 is 2.79 bits per heavy atom. The summed E-state index contributed by atoms with van der Waals surface area (Å²) < 4.78 is 35.4. The first-order valence-electron chi connectivity index (χ1n) is 5.81. The number of rotatable bonds is 3. The molecule has 7 heteroatoms. The Labute approximate surface area is 115 Å². The van der Waals surface area contributed by atoms with E-state index in [4.69, 9.17) is 11.6 Å². The molecule has 0 spiro atoms. The van der Waals surface area contributed by atoms with Crippen LogP contribution in [0.1, 0.15) is 16.8 Å². The molecular weight excluding hydrogens is 293 g/mol. The van der Waals surface area contributed by atoms with E-state index in [9.17, 15) is 17.6 Å². The van der Waals surface area contributed by atoms with Crippen LogP contribution in [0.25, 0.3) is 0 Å². The number of carbonyl (C=O) groups is 1. The van der Waals surface area contributed by atoms with Crippen molar-refractivity contribution in [2.75, 3.05) is 18.1 Å². The van der Waals surface area contributed by atoms with Gasteiger partial charge in [-0.05, 0) is 30.5 Å². The van der Waals surface area contributed by atoms with Crippen molar-refractivity contribution in [2.24, 2.45) is 5.92 Å². The summed E-state index contributed by atoms with van der Waals surface area (Å²) in [5.41, 5.74) is 0.184.